The van der Waals surface area contributed by atoms with E-state index in [0.29, 0.717) is 24.8 Å². The molecule has 0 saturated carbocycles. The van der Waals surface area contributed by atoms with E-state index in [0.717, 1.165) is 36.6 Å². The van der Waals surface area contributed by atoms with Crippen LogP contribution in [0.1, 0.15) is 40.0 Å². The summed E-state index contributed by atoms with van der Waals surface area (Å²) in [5.41, 5.74) is -0.483. The summed E-state index contributed by atoms with van der Waals surface area (Å²) in [5, 5.41) is 5.15. The quantitative estimate of drug-likeness (QED) is 0.765. The van der Waals surface area contributed by atoms with Crippen LogP contribution in [0.15, 0.2) is 42.5 Å². The predicted octanol–water partition coefficient (Wildman–Crippen LogP) is 4.37. The van der Waals surface area contributed by atoms with Crippen LogP contribution in [0.3, 0.4) is 0 Å². The molecule has 0 bridgehead atoms. The largest absolute Gasteiger partial charge is 0.484 e. The standard InChI is InChI=1S/C24H32N2O4/c1-24(2,3)30-23(28)26-14-6-7-18(16-26)12-13-25-22(27)17-29-21-11-10-19-8-4-5-9-20(19)15-21/h4-5,8-11,15,18H,6-7,12-14,16-17H2,1-3H3,(H,25,27). The average molecular weight is 413 g/mol. The zero-order valence-electron chi connectivity index (χ0n) is 18.1. The molecule has 1 aliphatic heterocycles. The highest BCUT2D eigenvalue weighted by atomic mass is 16.6. The third kappa shape index (κ3) is 6.65. The van der Waals surface area contributed by atoms with E-state index in [1.165, 1.54) is 0 Å². The zero-order chi connectivity index (χ0) is 21.6. The Kier molecular flexibility index (Phi) is 7.19. The van der Waals surface area contributed by atoms with E-state index in [2.05, 4.69) is 5.32 Å². The topological polar surface area (TPSA) is 67.9 Å². The van der Waals surface area contributed by atoms with Crippen molar-refractivity contribution in [2.75, 3.05) is 26.2 Å². The molecule has 1 N–H and O–H groups in total. The van der Waals surface area contributed by atoms with Crippen molar-refractivity contribution in [3.8, 4) is 5.75 Å². The molecule has 30 heavy (non-hydrogen) atoms. The smallest absolute Gasteiger partial charge is 0.410 e. The Balaban J connectivity index is 1.38. The fourth-order valence-electron chi connectivity index (χ4n) is 3.67. The molecule has 0 aromatic heterocycles. The number of amides is 2. The molecule has 2 aromatic carbocycles. The molecule has 0 radical (unpaired) electrons. The van der Waals surface area contributed by atoms with Gasteiger partial charge in [-0.05, 0) is 68.9 Å². The minimum absolute atomic E-state index is 0.00690. The predicted molar refractivity (Wildman–Crippen MR) is 118 cm³/mol. The minimum Gasteiger partial charge on any atom is -0.484 e. The number of hydrogen-bond acceptors (Lipinski definition) is 4. The van der Waals surface area contributed by atoms with E-state index in [9.17, 15) is 9.59 Å². The van der Waals surface area contributed by atoms with Crippen LogP contribution < -0.4 is 10.1 Å². The summed E-state index contributed by atoms with van der Waals surface area (Å²) in [5.74, 6) is 0.917. The van der Waals surface area contributed by atoms with Crippen LogP contribution in [-0.4, -0.2) is 48.7 Å². The third-order valence-electron chi connectivity index (χ3n) is 5.14. The lowest BCUT2D eigenvalue weighted by atomic mass is 9.95. The fraction of sp³-hybridized carbons (Fsp3) is 0.500. The number of piperidine rings is 1. The van der Waals surface area contributed by atoms with E-state index in [4.69, 9.17) is 9.47 Å². The fourth-order valence-corrected chi connectivity index (χ4v) is 3.67. The second-order valence-electron chi connectivity index (χ2n) is 8.87. The highest BCUT2D eigenvalue weighted by molar-refractivity contribution is 5.84. The van der Waals surface area contributed by atoms with Gasteiger partial charge in [0.05, 0.1) is 0 Å². The molecule has 6 heteroatoms. The van der Waals surface area contributed by atoms with Gasteiger partial charge in [-0.2, -0.15) is 0 Å². The van der Waals surface area contributed by atoms with Gasteiger partial charge in [-0.3, -0.25) is 4.79 Å². The zero-order valence-corrected chi connectivity index (χ0v) is 18.1. The van der Waals surface area contributed by atoms with Crippen LogP contribution in [0.25, 0.3) is 10.8 Å². The maximum Gasteiger partial charge on any atom is 0.410 e. The lowest BCUT2D eigenvalue weighted by Crippen LogP contribution is -2.43. The van der Waals surface area contributed by atoms with Gasteiger partial charge in [0.1, 0.15) is 11.4 Å². The Labute approximate surface area is 178 Å². The van der Waals surface area contributed by atoms with Crippen molar-refractivity contribution in [3.05, 3.63) is 42.5 Å². The monoisotopic (exact) mass is 412 g/mol. The number of benzene rings is 2. The highest BCUT2D eigenvalue weighted by Crippen LogP contribution is 2.22. The first kappa shape index (κ1) is 21.9. The summed E-state index contributed by atoms with van der Waals surface area (Å²) in [4.78, 5) is 26.2. The van der Waals surface area contributed by atoms with Gasteiger partial charge < -0.3 is 19.7 Å². The Morgan fingerprint density at radius 1 is 1.13 bits per heavy atom. The van der Waals surface area contributed by atoms with Gasteiger partial charge in [-0.25, -0.2) is 4.79 Å². The van der Waals surface area contributed by atoms with Gasteiger partial charge in [0.2, 0.25) is 0 Å². The number of nitrogens with zero attached hydrogens (tertiary/aromatic N) is 1. The second kappa shape index (κ2) is 9.83. The van der Waals surface area contributed by atoms with Crippen LogP contribution >= 0.6 is 0 Å². The molecule has 0 aliphatic carbocycles. The molecule has 2 amide bonds. The summed E-state index contributed by atoms with van der Waals surface area (Å²) in [6.45, 7) is 7.61. The molecule has 2 aromatic rings. The average Bonchev–Trinajstić information content (AvgIpc) is 2.71. The third-order valence-corrected chi connectivity index (χ3v) is 5.14. The van der Waals surface area contributed by atoms with E-state index in [1.807, 2.05) is 63.2 Å². The Bertz CT molecular complexity index is 875. The van der Waals surface area contributed by atoms with Crippen LogP contribution in [0.4, 0.5) is 4.79 Å². The first-order chi connectivity index (χ1) is 14.3. The molecule has 1 heterocycles. The van der Waals surface area contributed by atoms with Crippen molar-refractivity contribution in [2.24, 2.45) is 5.92 Å². The number of likely N-dealkylation sites (tertiary alicyclic amines) is 1. The number of hydrogen-bond donors (Lipinski definition) is 1. The molecule has 162 valence electrons. The number of rotatable bonds is 6. The highest BCUT2D eigenvalue weighted by Gasteiger charge is 2.27. The Morgan fingerprint density at radius 3 is 2.67 bits per heavy atom. The minimum atomic E-state index is -0.483. The maximum absolute atomic E-state index is 12.3. The Hall–Kier alpha value is -2.76. The van der Waals surface area contributed by atoms with Crippen molar-refractivity contribution in [3.63, 3.8) is 0 Å². The van der Waals surface area contributed by atoms with Crippen LogP contribution in [0.5, 0.6) is 5.75 Å². The van der Waals surface area contributed by atoms with Gasteiger partial charge in [0, 0.05) is 19.6 Å². The summed E-state index contributed by atoms with van der Waals surface area (Å²) in [6, 6.07) is 13.8. The van der Waals surface area contributed by atoms with Crippen molar-refractivity contribution >= 4 is 22.8 Å². The molecule has 1 unspecified atom stereocenters. The van der Waals surface area contributed by atoms with E-state index in [1.54, 1.807) is 4.90 Å². The lowest BCUT2D eigenvalue weighted by Gasteiger charge is -2.34. The number of nitrogens with one attached hydrogen (secondary N) is 1. The van der Waals surface area contributed by atoms with E-state index in [-0.39, 0.29) is 18.6 Å². The first-order valence-corrected chi connectivity index (χ1v) is 10.7. The SMILES string of the molecule is CC(C)(C)OC(=O)N1CCCC(CCNC(=O)COc2ccc3ccccc3c2)C1. The molecule has 6 nitrogen and oxygen atoms in total. The summed E-state index contributed by atoms with van der Waals surface area (Å²) in [6.07, 6.45) is 2.60. The molecule has 0 spiro atoms. The first-order valence-electron chi connectivity index (χ1n) is 10.7. The summed E-state index contributed by atoms with van der Waals surface area (Å²) >= 11 is 0. The van der Waals surface area contributed by atoms with Crippen molar-refractivity contribution in [2.45, 2.75) is 45.6 Å². The van der Waals surface area contributed by atoms with Gasteiger partial charge in [-0.1, -0.05) is 30.3 Å². The second-order valence-corrected chi connectivity index (χ2v) is 8.87. The molecule has 1 aliphatic rings. The normalized spacial score (nSPS) is 16.9. The van der Waals surface area contributed by atoms with E-state index >= 15 is 0 Å². The van der Waals surface area contributed by atoms with E-state index < -0.39 is 5.60 Å². The van der Waals surface area contributed by atoms with Gasteiger partial charge in [0.25, 0.3) is 5.91 Å². The van der Waals surface area contributed by atoms with Gasteiger partial charge in [-0.15, -0.1) is 0 Å². The van der Waals surface area contributed by atoms with Crippen molar-refractivity contribution < 1.29 is 19.1 Å². The van der Waals surface area contributed by atoms with Crippen LogP contribution in [0.2, 0.25) is 0 Å². The molecule has 3 rings (SSSR count). The van der Waals surface area contributed by atoms with Crippen molar-refractivity contribution in [1.82, 2.24) is 10.2 Å². The summed E-state index contributed by atoms with van der Waals surface area (Å²) < 4.78 is 11.1. The van der Waals surface area contributed by atoms with Crippen LogP contribution in [0, 0.1) is 5.92 Å². The molecular weight excluding hydrogens is 380 g/mol. The lowest BCUT2D eigenvalue weighted by molar-refractivity contribution is -0.123. The maximum atomic E-state index is 12.3. The molecule has 1 atom stereocenters. The number of fused-ring (bicyclic) bond motifs is 1. The van der Waals surface area contributed by atoms with Gasteiger partial charge >= 0.3 is 6.09 Å². The number of carbonyl (C=O) groups is 2. The van der Waals surface area contributed by atoms with Crippen molar-refractivity contribution in [1.29, 1.82) is 0 Å². The van der Waals surface area contributed by atoms with Gasteiger partial charge in [0.15, 0.2) is 6.61 Å². The summed E-state index contributed by atoms with van der Waals surface area (Å²) in [7, 11) is 0. The molecule has 1 saturated heterocycles. The molecule has 1 fully saturated rings. The Morgan fingerprint density at radius 2 is 1.90 bits per heavy atom. The number of carbonyl (C=O) groups excluding carboxylic acids is 2. The molecular formula is C24H32N2O4. The number of ether oxygens (including phenoxy) is 2. The van der Waals surface area contributed by atoms with Crippen LogP contribution in [-0.2, 0) is 9.53 Å².